The molecule has 2 heteroatoms. The van der Waals surface area contributed by atoms with Crippen molar-refractivity contribution in [2.24, 2.45) is 4.99 Å². The fourth-order valence-corrected chi connectivity index (χ4v) is 2.49. The van der Waals surface area contributed by atoms with E-state index >= 15 is 0 Å². The van der Waals surface area contributed by atoms with Gasteiger partial charge in [-0.25, -0.2) is 4.99 Å². The molecule has 90 valence electrons. The minimum absolute atomic E-state index is 0.0674. The first-order chi connectivity index (χ1) is 8.16. The van der Waals surface area contributed by atoms with Gasteiger partial charge in [-0.15, -0.1) is 0 Å². The minimum Gasteiger partial charge on any atom is -0.475 e. The van der Waals surface area contributed by atoms with Gasteiger partial charge < -0.3 is 4.74 Å². The highest BCUT2D eigenvalue weighted by molar-refractivity contribution is 5.97. The second kappa shape index (κ2) is 3.86. The number of hydrogen-bond acceptors (Lipinski definition) is 2. The van der Waals surface area contributed by atoms with Crippen LogP contribution in [0.1, 0.15) is 50.2 Å². The number of hydrogen-bond donors (Lipinski definition) is 0. The van der Waals surface area contributed by atoms with Crippen LogP contribution in [0.15, 0.2) is 29.3 Å². The molecule has 0 atom stereocenters. The standard InChI is InChI=1S/C15H19NO/c1-15(2)10-17-14(16-15)13-9-4-3-8-12(13)11-6-5-7-11/h3-4,8-9,11H,5-7,10H2,1-2H3. The number of benzene rings is 1. The Labute approximate surface area is 103 Å². The predicted molar refractivity (Wildman–Crippen MR) is 69.6 cm³/mol. The van der Waals surface area contributed by atoms with Crippen LogP contribution in [0.25, 0.3) is 0 Å². The van der Waals surface area contributed by atoms with Crippen molar-refractivity contribution in [1.82, 2.24) is 0 Å². The molecule has 1 saturated carbocycles. The Morgan fingerprint density at radius 3 is 2.59 bits per heavy atom. The first kappa shape index (κ1) is 10.8. The fraction of sp³-hybridized carbons (Fsp3) is 0.533. The van der Waals surface area contributed by atoms with E-state index in [1.54, 1.807) is 0 Å². The molecule has 2 aliphatic rings. The molecule has 2 nitrogen and oxygen atoms in total. The molecule has 0 spiro atoms. The molecule has 0 bridgehead atoms. The topological polar surface area (TPSA) is 21.6 Å². The smallest absolute Gasteiger partial charge is 0.217 e. The van der Waals surface area contributed by atoms with E-state index in [0.717, 1.165) is 11.8 Å². The van der Waals surface area contributed by atoms with Crippen LogP contribution in [0.2, 0.25) is 0 Å². The average molecular weight is 229 g/mol. The lowest BCUT2D eigenvalue weighted by Crippen LogP contribution is -2.17. The van der Waals surface area contributed by atoms with Crippen LogP contribution in [0.4, 0.5) is 0 Å². The van der Waals surface area contributed by atoms with Gasteiger partial charge in [-0.05, 0) is 44.2 Å². The van der Waals surface area contributed by atoms with E-state index in [-0.39, 0.29) is 5.54 Å². The fourth-order valence-electron chi connectivity index (χ4n) is 2.49. The van der Waals surface area contributed by atoms with Crippen LogP contribution in [0.5, 0.6) is 0 Å². The van der Waals surface area contributed by atoms with Crippen molar-refractivity contribution in [2.75, 3.05) is 6.61 Å². The van der Waals surface area contributed by atoms with Gasteiger partial charge in [-0.2, -0.15) is 0 Å². The largest absolute Gasteiger partial charge is 0.475 e. The van der Waals surface area contributed by atoms with Crippen LogP contribution in [-0.2, 0) is 4.74 Å². The number of rotatable bonds is 2. The minimum atomic E-state index is -0.0674. The summed E-state index contributed by atoms with van der Waals surface area (Å²) in [5, 5.41) is 0. The average Bonchev–Trinajstić information content (AvgIpc) is 2.57. The van der Waals surface area contributed by atoms with Gasteiger partial charge in [-0.1, -0.05) is 24.6 Å². The van der Waals surface area contributed by atoms with Crippen LogP contribution in [0, 0.1) is 0 Å². The summed E-state index contributed by atoms with van der Waals surface area (Å²) in [7, 11) is 0. The van der Waals surface area contributed by atoms with Crippen molar-refractivity contribution in [1.29, 1.82) is 0 Å². The molecule has 1 aliphatic heterocycles. The summed E-state index contributed by atoms with van der Waals surface area (Å²) in [5.41, 5.74) is 2.57. The van der Waals surface area contributed by atoms with Gasteiger partial charge in [0, 0.05) is 5.56 Å². The molecule has 0 radical (unpaired) electrons. The van der Waals surface area contributed by atoms with E-state index in [1.165, 1.54) is 30.4 Å². The van der Waals surface area contributed by atoms with Gasteiger partial charge in [0.1, 0.15) is 6.61 Å². The van der Waals surface area contributed by atoms with Gasteiger partial charge >= 0.3 is 0 Å². The number of ether oxygens (including phenoxy) is 1. The highest BCUT2D eigenvalue weighted by Gasteiger charge is 2.30. The summed E-state index contributed by atoms with van der Waals surface area (Å²) < 4.78 is 5.76. The summed E-state index contributed by atoms with van der Waals surface area (Å²) in [4.78, 5) is 4.69. The zero-order chi connectivity index (χ0) is 11.9. The van der Waals surface area contributed by atoms with Gasteiger partial charge in [0.2, 0.25) is 5.90 Å². The Morgan fingerprint density at radius 1 is 1.24 bits per heavy atom. The van der Waals surface area contributed by atoms with E-state index in [9.17, 15) is 0 Å². The SMILES string of the molecule is CC1(C)COC(c2ccccc2C2CCC2)=N1. The van der Waals surface area contributed by atoms with Crippen LogP contribution in [0.3, 0.4) is 0 Å². The Hall–Kier alpha value is -1.31. The van der Waals surface area contributed by atoms with Gasteiger partial charge in [-0.3, -0.25) is 0 Å². The first-order valence-corrected chi connectivity index (χ1v) is 6.48. The monoisotopic (exact) mass is 229 g/mol. The van der Waals surface area contributed by atoms with Gasteiger partial charge in [0.15, 0.2) is 0 Å². The lowest BCUT2D eigenvalue weighted by molar-refractivity contribution is 0.279. The van der Waals surface area contributed by atoms with E-state index in [0.29, 0.717) is 6.61 Å². The summed E-state index contributed by atoms with van der Waals surface area (Å²) >= 11 is 0. The summed E-state index contributed by atoms with van der Waals surface area (Å²) in [6, 6.07) is 8.58. The molecule has 1 aromatic rings. The van der Waals surface area contributed by atoms with Crippen LogP contribution < -0.4 is 0 Å². The van der Waals surface area contributed by atoms with Crippen molar-refractivity contribution < 1.29 is 4.74 Å². The third-order valence-corrected chi connectivity index (χ3v) is 3.70. The molecule has 3 rings (SSSR count). The second-order valence-electron chi connectivity index (χ2n) is 5.73. The van der Waals surface area contributed by atoms with Crippen molar-refractivity contribution >= 4 is 5.90 Å². The highest BCUT2D eigenvalue weighted by atomic mass is 16.5. The van der Waals surface area contributed by atoms with Gasteiger partial charge in [0.05, 0.1) is 5.54 Å². The van der Waals surface area contributed by atoms with E-state index < -0.39 is 0 Å². The highest BCUT2D eigenvalue weighted by Crippen LogP contribution is 2.38. The molecular formula is C15H19NO. The molecular weight excluding hydrogens is 210 g/mol. The van der Waals surface area contributed by atoms with E-state index in [2.05, 4.69) is 43.1 Å². The lowest BCUT2D eigenvalue weighted by atomic mass is 9.78. The Balaban J connectivity index is 1.97. The number of aliphatic imine (C=N–C) groups is 1. The molecule has 1 aliphatic carbocycles. The van der Waals surface area contributed by atoms with Gasteiger partial charge in [0.25, 0.3) is 0 Å². The third-order valence-electron chi connectivity index (χ3n) is 3.70. The van der Waals surface area contributed by atoms with Crippen molar-refractivity contribution in [3.05, 3.63) is 35.4 Å². The lowest BCUT2D eigenvalue weighted by Gasteiger charge is -2.27. The normalized spacial score (nSPS) is 22.8. The van der Waals surface area contributed by atoms with E-state index in [4.69, 9.17) is 4.74 Å². The van der Waals surface area contributed by atoms with Crippen LogP contribution in [-0.4, -0.2) is 18.0 Å². The number of nitrogens with zero attached hydrogens (tertiary/aromatic N) is 1. The quantitative estimate of drug-likeness (QED) is 0.760. The maximum atomic E-state index is 5.76. The third kappa shape index (κ3) is 1.97. The zero-order valence-corrected chi connectivity index (χ0v) is 10.6. The summed E-state index contributed by atoms with van der Waals surface area (Å²) in [6.07, 6.45) is 3.99. The van der Waals surface area contributed by atoms with Crippen molar-refractivity contribution in [2.45, 2.75) is 44.6 Å². The van der Waals surface area contributed by atoms with Crippen LogP contribution >= 0.6 is 0 Å². The molecule has 0 aromatic heterocycles. The summed E-state index contributed by atoms with van der Waals surface area (Å²) in [5.74, 6) is 1.57. The maximum Gasteiger partial charge on any atom is 0.217 e. The molecule has 17 heavy (non-hydrogen) atoms. The predicted octanol–water partition coefficient (Wildman–Crippen LogP) is 3.51. The molecule has 1 aromatic carbocycles. The Bertz CT molecular complexity index is 458. The Kier molecular flexibility index (Phi) is 2.46. The zero-order valence-electron chi connectivity index (χ0n) is 10.6. The summed E-state index contributed by atoms with van der Waals surface area (Å²) in [6.45, 7) is 4.93. The molecule has 0 amide bonds. The molecule has 0 N–H and O–H groups in total. The molecule has 0 unspecified atom stereocenters. The maximum absolute atomic E-state index is 5.76. The first-order valence-electron chi connectivity index (χ1n) is 6.48. The van der Waals surface area contributed by atoms with E-state index in [1.807, 2.05) is 0 Å². The second-order valence-corrected chi connectivity index (χ2v) is 5.73. The van der Waals surface area contributed by atoms with Crippen molar-refractivity contribution in [3.63, 3.8) is 0 Å². The Morgan fingerprint density at radius 2 is 2.00 bits per heavy atom. The molecule has 1 heterocycles. The molecule has 1 fully saturated rings. The van der Waals surface area contributed by atoms with Crippen molar-refractivity contribution in [3.8, 4) is 0 Å². The molecule has 0 saturated heterocycles.